The van der Waals surface area contributed by atoms with Crippen LogP contribution in [0.5, 0.6) is 5.75 Å². The van der Waals surface area contributed by atoms with E-state index in [4.69, 9.17) is 4.74 Å². The average molecular weight is 429 g/mol. The number of rotatable bonds is 6. The van der Waals surface area contributed by atoms with Gasteiger partial charge in [0.25, 0.3) is 15.9 Å². The number of thiophene rings is 1. The molecule has 0 N–H and O–H groups in total. The van der Waals surface area contributed by atoms with E-state index in [1.807, 2.05) is 24.3 Å². The highest BCUT2D eigenvalue weighted by atomic mass is 32.2. The molecule has 0 saturated heterocycles. The number of nitrogens with zero attached hydrogens (tertiary/aromatic N) is 2. The van der Waals surface area contributed by atoms with Gasteiger partial charge in [0.2, 0.25) is 0 Å². The summed E-state index contributed by atoms with van der Waals surface area (Å²) in [4.78, 5) is 14.3. The second kappa shape index (κ2) is 7.88. The molecule has 0 bridgehead atoms. The Labute approximate surface area is 174 Å². The van der Waals surface area contributed by atoms with Gasteiger partial charge in [-0.05, 0) is 53.8 Å². The van der Waals surface area contributed by atoms with E-state index >= 15 is 0 Å². The van der Waals surface area contributed by atoms with Crippen molar-refractivity contribution >= 4 is 38.6 Å². The number of fused-ring (bicyclic) bond motifs is 1. The number of hydrogen-bond acceptors (Lipinski definition) is 5. The smallest absolute Gasteiger partial charge is 0.273 e. The third kappa shape index (κ3) is 3.86. The number of anilines is 2. The molecule has 8 heteroatoms. The van der Waals surface area contributed by atoms with E-state index in [9.17, 15) is 13.2 Å². The van der Waals surface area contributed by atoms with Crippen LogP contribution in [0.15, 0.2) is 70.3 Å². The van der Waals surface area contributed by atoms with Gasteiger partial charge < -0.3 is 9.64 Å². The maximum atomic E-state index is 12.6. The van der Waals surface area contributed by atoms with Crippen LogP contribution in [0, 0.1) is 0 Å². The first-order valence-corrected chi connectivity index (χ1v) is 11.4. The summed E-state index contributed by atoms with van der Waals surface area (Å²) in [5.41, 5.74) is 2.63. The molecule has 0 fully saturated rings. The van der Waals surface area contributed by atoms with Gasteiger partial charge in [0.15, 0.2) is 6.61 Å². The Kier molecular flexibility index (Phi) is 5.29. The van der Waals surface area contributed by atoms with E-state index in [2.05, 4.69) is 0 Å². The van der Waals surface area contributed by atoms with Crippen molar-refractivity contribution in [1.82, 2.24) is 0 Å². The molecule has 2 heterocycles. The van der Waals surface area contributed by atoms with Crippen LogP contribution in [0.25, 0.3) is 0 Å². The third-order valence-electron chi connectivity index (χ3n) is 4.86. The number of ether oxygens (including phenoxy) is 1. The molecule has 0 aliphatic carbocycles. The molecule has 1 aromatic heterocycles. The summed E-state index contributed by atoms with van der Waals surface area (Å²) < 4.78 is 32.3. The van der Waals surface area contributed by atoms with Crippen molar-refractivity contribution in [2.75, 3.05) is 29.4 Å². The molecule has 0 spiro atoms. The predicted octanol–water partition coefficient (Wildman–Crippen LogP) is 3.54. The first-order chi connectivity index (χ1) is 14.0. The molecule has 1 aliphatic rings. The lowest BCUT2D eigenvalue weighted by Gasteiger charge is -2.19. The van der Waals surface area contributed by atoms with Crippen molar-refractivity contribution in [3.63, 3.8) is 0 Å². The molecular weight excluding hydrogens is 408 g/mol. The van der Waals surface area contributed by atoms with Crippen LogP contribution < -0.4 is 13.9 Å². The number of hydrogen-bond donors (Lipinski definition) is 0. The van der Waals surface area contributed by atoms with Crippen molar-refractivity contribution in [3.05, 3.63) is 71.6 Å². The lowest BCUT2D eigenvalue weighted by atomic mass is 10.2. The minimum absolute atomic E-state index is 0.0724. The topological polar surface area (TPSA) is 66.9 Å². The van der Waals surface area contributed by atoms with Gasteiger partial charge >= 0.3 is 0 Å². The third-order valence-corrected chi connectivity index (χ3v) is 8.02. The summed E-state index contributed by atoms with van der Waals surface area (Å²) in [7, 11) is -2.06. The molecule has 2 aromatic carbocycles. The molecular formula is C21H20N2O4S2. The summed E-state index contributed by atoms with van der Waals surface area (Å²) in [5.74, 6) is 0.410. The molecule has 1 amide bonds. The van der Waals surface area contributed by atoms with Gasteiger partial charge in [0.1, 0.15) is 9.96 Å². The van der Waals surface area contributed by atoms with Crippen molar-refractivity contribution < 1.29 is 17.9 Å². The molecule has 6 nitrogen and oxygen atoms in total. The Morgan fingerprint density at radius 2 is 1.86 bits per heavy atom. The Balaban J connectivity index is 1.40. The minimum Gasteiger partial charge on any atom is -0.484 e. The van der Waals surface area contributed by atoms with Crippen molar-refractivity contribution in [2.24, 2.45) is 0 Å². The van der Waals surface area contributed by atoms with Crippen molar-refractivity contribution in [3.8, 4) is 5.75 Å². The van der Waals surface area contributed by atoms with Gasteiger partial charge in [-0.25, -0.2) is 8.42 Å². The highest BCUT2D eigenvalue weighted by Gasteiger charge is 2.25. The monoisotopic (exact) mass is 428 g/mol. The van der Waals surface area contributed by atoms with Crippen molar-refractivity contribution in [1.29, 1.82) is 0 Å². The molecule has 1 aliphatic heterocycles. The van der Waals surface area contributed by atoms with E-state index in [1.165, 1.54) is 28.3 Å². The number of amides is 1. The SMILES string of the molecule is CN(c1ccc(OCC(=O)N2CCc3ccccc32)cc1)S(=O)(=O)c1cccs1. The fourth-order valence-corrected chi connectivity index (χ4v) is 5.61. The van der Waals surface area contributed by atoms with Crippen LogP contribution in [-0.4, -0.2) is 34.5 Å². The first-order valence-electron chi connectivity index (χ1n) is 9.10. The molecule has 0 unspecified atom stereocenters. The summed E-state index contributed by atoms with van der Waals surface area (Å²) >= 11 is 1.18. The maximum Gasteiger partial charge on any atom is 0.273 e. The molecule has 0 radical (unpaired) electrons. The molecule has 4 rings (SSSR count). The Morgan fingerprint density at radius 1 is 1.10 bits per heavy atom. The Hall–Kier alpha value is -2.84. The number of carbonyl (C=O) groups is 1. The fraction of sp³-hybridized carbons (Fsp3) is 0.190. The van der Waals surface area contributed by atoms with Gasteiger partial charge in [-0.15, -0.1) is 11.3 Å². The zero-order valence-electron chi connectivity index (χ0n) is 15.8. The summed E-state index contributed by atoms with van der Waals surface area (Å²) in [6.45, 7) is 0.586. The lowest BCUT2D eigenvalue weighted by molar-refractivity contribution is -0.120. The fourth-order valence-electron chi connectivity index (χ4n) is 3.26. The second-order valence-electron chi connectivity index (χ2n) is 6.61. The van der Waals surface area contributed by atoms with Crippen molar-refractivity contribution in [2.45, 2.75) is 10.6 Å². The first kappa shape index (κ1) is 19.5. The quantitative estimate of drug-likeness (QED) is 0.602. The minimum atomic E-state index is -3.58. The second-order valence-corrected chi connectivity index (χ2v) is 9.76. The zero-order chi connectivity index (χ0) is 20.4. The van der Waals surface area contributed by atoms with Crippen LogP contribution in [0.3, 0.4) is 0 Å². The van der Waals surface area contributed by atoms with E-state index in [1.54, 1.807) is 46.7 Å². The van der Waals surface area contributed by atoms with E-state index in [0.29, 0.717) is 18.0 Å². The van der Waals surface area contributed by atoms with Crippen LogP contribution in [-0.2, 0) is 21.2 Å². The highest BCUT2D eigenvalue weighted by Crippen LogP contribution is 2.28. The van der Waals surface area contributed by atoms with Gasteiger partial charge in [-0.2, -0.15) is 0 Å². The normalized spacial score (nSPS) is 13.2. The predicted molar refractivity (Wildman–Crippen MR) is 114 cm³/mol. The average Bonchev–Trinajstić information content (AvgIpc) is 3.42. The van der Waals surface area contributed by atoms with Crippen LogP contribution in [0.1, 0.15) is 5.56 Å². The standard InChI is InChI=1S/C21H20N2O4S2/c1-22(29(25,26)21-7-4-14-28-21)17-8-10-18(11-9-17)27-15-20(24)23-13-12-16-5-2-3-6-19(16)23/h2-11,14H,12-13,15H2,1H3. The van der Waals surface area contributed by atoms with Crippen LogP contribution in [0.4, 0.5) is 11.4 Å². The van der Waals surface area contributed by atoms with E-state index in [0.717, 1.165) is 12.1 Å². The summed E-state index contributed by atoms with van der Waals surface area (Å²) in [6, 6.07) is 17.8. The summed E-state index contributed by atoms with van der Waals surface area (Å²) in [5, 5.41) is 1.73. The van der Waals surface area contributed by atoms with E-state index in [-0.39, 0.29) is 16.7 Å². The highest BCUT2D eigenvalue weighted by molar-refractivity contribution is 7.94. The van der Waals surface area contributed by atoms with Crippen LogP contribution in [0.2, 0.25) is 0 Å². The number of carbonyl (C=O) groups excluding carboxylic acids is 1. The lowest BCUT2D eigenvalue weighted by Crippen LogP contribution is -2.33. The van der Waals surface area contributed by atoms with Gasteiger partial charge in [0.05, 0.1) is 5.69 Å². The Bertz CT molecular complexity index is 1110. The number of sulfonamides is 1. The molecule has 0 saturated carbocycles. The van der Waals surface area contributed by atoms with Gasteiger partial charge in [0, 0.05) is 19.3 Å². The molecule has 29 heavy (non-hydrogen) atoms. The maximum absolute atomic E-state index is 12.6. The van der Waals surface area contributed by atoms with Gasteiger partial charge in [-0.1, -0.05) is 24.3 Å². The molecule has 150 valence electrons. The van der Waals surface area contributed by atoms with E-state index < -0.39 is 10.0 Å². The largest absolute Gasteiger partial charge is 0.484 e. The zero-order valence-corrected chi connectivity index (χ0v) is 17.4. The number of para-hydroxylation sites is 1. The number of benzene rings is 2. The Morgan fingerprint density at radius 3 is 2.59 bits per heavy atom. The molecule has 3 aromatic rings. The van der Waals surface area contributed by atoms with Gasteiger partial charge in [-0.3, -0.25) is 9.10 Å². The van der Waals surface area contributed by atoms with Crippen LogP contribution >= 0.6 is 11.3 Å². The summed E-state index contributed by atoms with van der Waals surface area (Å²) in [6.07, 6.45) is 0.849. The molecule has 0 atom stereocenters.